The highest BCUT2D eigenvalue weighted by Crippen LogP contribution is 2.39. The Kier molecular flexibility index (Phi) is 4.47. The van der Waals surface area contributed by atoms with Crippen LogP contribution in [0.15, 0.2) is 49.2 Å². The molecule has 0 saturated heterocycles. The second-order valence-corrected chi connectivity index (χ2v) is 7.67. The van der Waals surface area contributed by atoms with E-state index in [1.165, 1.54) is 0 Å². The summed E-state index contributed by atoms with van der Waals surface area (Å²) >= 11 is 0. The molecule has 5 rings (SSSR count). The molecule has 31 heavy (non-hydrogen) atoms. The van der Waals surface area contributed by atoms with E-state index in [4.69, 9.17) is 10.2 Å². The van der Waals surface area contributed by atoms with Crippen molar-refractivity contribution in [1.82, 2.24) is 34.3 Å². The molecule has 1 aliphatic rings. The number of benzene rings is 1. The second-order valence-electron chi connectivity index (χ2n) is 7.67. The molecule has 4 heterocycles. The zero-order chi connectivity index (χ0) is 21.5. The maximum Gasteiger partial charge on any atom is 0.237 e. The average molecular weight is 411 g/mol. The number of nitriles is 1. The predicted molar refractivity (Wildman–Crippen MR) is 115 cm³/mol. The van der Waals surface area contributed by atoms with E-state index >= 15 is 0 Å². The third-order valence-electron chi connectivity index (χ3n) is 5.52. The minimum atomic E-state index is 0.0820. The fraction of sp³-hybridized carbons (Fsp3) is 0.273. The molecule has 3 aromatic heterocycles. The summed E-state index contributed by atoms with van der Waals surface area (Å²) in [5.41, 5.74) is 2.36. The lowest BCUT2D eigenvalue weighted by Gasteiger charge is -2.39. The topological polar surface area (TPSA) is 101 Å². The Hall–Kier alpha value is -4.06. The molecule has 0 spiro atoms. The van der Waals surface area contributed by atoms with Crippen LogP contribution in [0.2, 0.25) is 0 Å². The summed E-state index contributed by atoms with van der Waals surface area (Å²) in [5.74, 6) is 3.00. The van der Waals surface area contributed by atoms with Crippen molar-refractivity contribution in [2.24, 2.45) is 0 Å². The number of imidazole rings is 1. The van der Waals surface area contributed by atoms with E-state index in [1.54, 1.807) is 24.7 Å². The van der Waals surface area contributed by atoms with Gasteiger partial charge < -0.3 is 4.90 Å². The lowest BCUT2D eigenvalue weighted by molar-refractivity contribution is 0.497. The zero-order valence-electron chi connectivity index (χ0n) is 17.5. The summed E-state index contributed by atoms with van der Waals surface area (Å²) in [6.07, 6.45) is 7.99. The second kappa shape index (κ2) is 7.32. The van der Waals surface area contributed by atoms with Crippen LogP contribution in [0, 0.1) is 11.3 Å². The molecule has 0 fully saturated rings. The van der Waals surface area contributed by atoms with E-state index in [-0.39, 0.29) is 12.1 Å². The summed E-state index contributed by atoms with van der Waals surface area (Å²) in [4.78, 5) is 16.4. The van der Waals surface area contributed by atoms with Crippen LogP contribution in [-0.2, 0) is 0 Å². The zero-order valence-corrected chi connectivity index (χ0v) is 17.5. The molecule has 0 aliphatic carbocycles. The molecular formula is C22H21N9. The fourth-order valence-electron chi connectivity index (χ4n) is 4.12. The van der Waals surface area contributed by atoms with E-state index in [9.17, 15) is 0 Å². The summed E-state index contributed by atoms with van der Waals surface area (Å²) < 4.78 is 3.84. The summed E-state index contributed by atoms with van der Waals surface area (Å²) in [5, 5.41) is 17.5. The predicted octanol–water partition coefficient (Wildman–Crippen LogP) is 3.46. The molecule has 0 N–H and O–H groups in total. The monoisotopic (exact) mass is 411 g/mol. The Balaban J connectivity index is 1.64. The molecule has 1 atom stereocenters. The van der Waals surface area contributed by atoms with E-state index in [0.29, 0.717) is 17.3 Å². The van der Waals surface area contributed by atoms with Gasteiger partial charge in [-0.15, -0.1) is 10.2 Å². The van der Waals surface area contributed by atoms with Gasteiger partial charge in [0.2, 0.25) is 5.95 Å². The third-order valence-corrected chi connectivity index (χ3v) is 5.52. The Morgan fingerprint density at radius 3 is 2.65 bits per heavy atom. The molecule has 9 nitrogen and oxygen atoms in total. The van der Waals surface area contributed by atoms with Crippen molar-refractivity contribution in [2.45, 2.75) is 39.3 Å². The number of fused-ring (bicyclic) bond motifs is 3. The highest BCUT2D eigenvalue weighted by Gasteiger charge is 2.35. The smallest absolute Gasteiger partial charge is 0.237 e. The standard InChI is InChI=1S/C22H21N9/c1-4-17-21-28-26-13-30(21)18-12-25-22(27-20(18)31(17)14(2)3)29-10-9-24-19(29)16-7-5-15(11-23)6-8-16/h5-10,12-14,17H,4H2,1-3H3. The van der Waals surface area contributed by atoms with Crippen LogP contribution in [0.3, 0.4) is 0 Å². The maximum absolute atomic E-state index is 9.06. The van der Waals surface area contributed by atoms with Gasteiger partial charge in [-0.25, -0.2) is 9.97 Å². The largest absolute Gasteiger partial charge is 0.342 e. The van der Waals surface area contributed by atoms with Crippen molar-refractivity contribution in [3.8, 4) is 29.1 Å². The first-order valence-electron chi connectivity index (χ1n) is 10.2. The third kappa shape index (κ3) is 2.95. The van der Waals surface area contributed by atoms with Crippen LogP contribution < -0.4 is 4.90 Å². The number of anilines is 1. The molecular weight excluding hydrogens is 390 g/mol. The van der Waals surface area contributed by atoms with Crippen LogP contribution in [0.25, 0.3) is 23.0 Å². The van der Waals surface area contributed by atoms with Crippen molar-refractivity contribution in [2.75, 3.05) is 4.90 Å². The lowest BCUT2D eigenvalue weighted by Crippen LogP contribution is -2.40. The number of rotatable bonds is 4. The van der Waals surface area contributed by atoms with E-state index in [2.05, 4.69) is 51.9 Å². The maximum atomic E-state index is 9.06. The van der Waals surface area contributed by atoms with Gasteiger partial charge in [0.15, 0.2) is 11.6 Å². The Morgan fingerprint density at radius 2 is 1.94 bits per heavy atom. The van der Waals surface area contributed by atoms with Gasteiger partial charge in [0.1, 0.15) is 17.8 Å². The van der Waals surface area contributed by atoms with Gasteiger partial charge in [-0.3, -0.25) is 9.13 Å². The van der Waals surface area contributed by atoms with Crippen LogP contribution in [0.5, 0.6) is 0 Å². The van der Waals surface area contributed by atoms with Crippen molar-refractivity contribution in [3.63, 3.8) is 0 Å². The SMILES string of the molecule is CCC1c2nncn2-c2cnc(-n3ccnc3-c3ccc(C#N)cc3)nc2N1C(C)C. The number of nitrogens with zero attached hydrogens (tertiary/aromatic N) is 9. The van der Waals surface area contributed by atoms with Crippen molar-refractivity contribution in [1.29, 1.82) is 5.26 Å². The molecule has 1 unspecified atom stereocenters. The van der Waals surface area contributed by atoms with E-state index < -0.39 is 0 Å². The minimum absolute atomic E-state index is 0.0820. The number of hydrogen-bond donors (Lipinski definition) is 0. The number of aromatic nitrogens is 7. The van der Waals surface area contributed by atoms with Crippen LogP contribution >= 0.6 is 0 Å². The van der Waals surface area contributed by atoms with Crippen LogP contribution in [-0.4, -0.2) is 40.3 Å². The molecule has 0 radical (unpaired) electrons. The first-order valence-corrected chi connectivity index (χ1v) is 10.2. The van der Waals surface area contributed by atoms with E-state index in [0.717, 1.165) is 29.3 Å². The molecule has 1 aliphatic heterocycles. The molecule has 154 valence electrons. The summed E-state index contributed by atoms with van der Waals surface area (Å²) in [7, 11) is 0. The first-order chi connectivity index (χ1) is 15.1. The van der Waals surface area contributed by atoms with Gasteiger partial charge in [-0.2, -0.15) is 10.2 Å². The van der Waals surface area contributed by atoms with Crippen LogP contribution in [0.4, 0.5) is 5.82 Å². The van der Waals surface area contributed by atoms with Gasteiger partial charge in [0.05, 0.1) is 23.9 Å². The van der Waals surface area contributed by atoms with Crippen molar-refractivity contribution >= 4 is 5.82 Å². The first kappa shape index (κ1) is 18.9. The molecule has 0 amide bonds. The van der Waals surface area contributed by atoms with Crippen molar-refractivity contribution < 1.29 is 0 Å². The molecule has 4 aromatic rings. The Bertz CT molecular complexity index is 1280. The summed E-state index contributed by atoms with van der Waals surface area (Å²) in [6.45, 7) is 6.45. The molecule has 0 bridgehead atoms. The highest BCUT2D eigenvalue weighted by molar-refractivity contribution is 5.64. The van der Waals surface area contributed by atoms with Gasteiger partial charge >= 0.3 is 0 Å². The van der Waals surface area contributed by atoms with Gasteiger partial charge in [-0.05, 0) is 44.5 Å². The van der Waals surface area contributed by atoms with Gasteiger partial charge in [0.25, 0.3) is 0 Å². The average Bonchev–Trinajstić information content (AvgIpc) is 3.47. The van der Waals surface area contributed by atoms with Gasteiger partial charge in [-0.1, -0.05) is 6.92 Å². The molecule has 9 heteroatoms. The minimum Gasteiger partial charge on any atom is -0.342 e. The van der Waals surface area contributed by atoms with Crippen LogP contribution in [0.1, 0.15) is 44.6 Å². The quantitative estimate of drug-likeness (QED) is 0.507. The highest BCUT2D eigenvalue weighted by atomic mass is 15.4. The van der Waals surface area contributed by atoms with E-state index in [1.807, 2.05) is 33.7 Å². The Morgan fingerprint density at radius 1 is 1.13 bits per heavy atom. The lowest BCUT2D eigenvalue weighted by atomic mass is 10.1. The Labute approximate surface area is 179 Å². The fourth-order valence-corrected chi connectivity index (χ4v) is 4.12. The van der Waals surface area contributed by atoms with Gasteiger partial charge in [0, 0.05) is 24.0 Å². The number of hydrogen-bond acceptors (Lipinski definition) is 7. The molecule has 1 aromatic carbocycles. The molecule has 0 saturated carbocycles. The summed E-state index contributed by atoms with van der Waals surface area (Å²) in [6, 6.07) is 9.77. The normalized spacial score (nSPS) is 14.9. The van der Waals surface area contributed by atoms with Crippen molar-refractivity contribution in [3.05, 3.63) is 60.6 Å².